The molecule has 0 unspecified atom stereocenters. The van der Waals surface area contributed by atoms with Crippen LogP contribution in [-0.4, -0.2) is 17.4 Å². The molecule has 1 heterocycles. The van der Waals surface area contributed by atoms with E-state index in [4.69, 9.17) is 11.6 Å². The minimum absolute atomic E-state index is 0.0144. The molecule has 2 fully saturated rings. The summed E-state index contributed by atoms with van der Waals surface area (Å²) in [5.41, 5.74) is 2.72. The number of pyridine rings is 1. The molecule has 2 aliphatic carbocycles. The normalized spacial score (nSPS) is 17.3. The van der Waals surface area contributed by atoms with Crippen molar-refractivity contribution in [3.05, 3.63) is 52.7 Å². The number of nitrogens with one attached hydrogen (secondary N) is 2. The highest BCUT2D eigenvalue weighted by atomic mass is 35.5. The number of halogens is 1. The van der Waals surface area contributed by atoms with E-state index in [-0.39, 0.29) is 5.91 Å². The molecular formula is C21H24ClN3O. The molecule has 2 aliphatic rings. The summed E-state index contributed by atoms with van der Waals surface area (Å²) >= 11 is 6.04. The molecule has 0 aliphatic heterocycles. The first kappa shape index (κ1) is 17.3. The Morgan fingerprint density at radius 3 is 2.69 bits per heavy atom. The third-order valence-corrected chi connectivity index (χ3v) is 5.56. The topological polar surface area (TPSA) is 54.0 Å². The zero-order valence-electron chi connectivity index (χ0n) is 14.8. The van der Waals surface area contributed by atoms with Crippen LogP contribution in [0.25, 0.3) is 0 Å². The summed E-state index contributed by atoms with van der Waals surface area (Å²) in [6, 6.07) is 9.57. The third-order valence-electron chi connectivity index (χ3n) is 5.32. The van der Waals surface area contributed by atoms with Gasteiger partial charge < -0.3 is 10.6 Å². The quantitative estimate of drug-likeness (QED) is 0.728. The first-order valence-electron chi connectivity index (χ1n) is 9.50. The van der Waals surface area contributed by atoms with Gasteiger partial charge in [-0.25, -0.2) is 4.98 Å². The van der Waals surface area contributed by atoms with E-state index >= 15 is 0 Å². The smallest absolute Gasteiger partial charge is 0.253 e. The molecule has 2 aromatic rings. The van der Waals surface area contributed by atoms with Crippen molar-refractivity contribution in [1.29, 1.82) is 0 Å². The molecule has 1 aromatic carbocycles. The maximum absolute atomic E-state index is 12.7. The van der Waals surface area contributed by atoms with Crippen LogP contribution in [0.2, 0.25) is 5.02 Å². The van der Waals surface area contributed by atoms with Gasteiger partial charge in [0.05, 0.1) is 5.56 Å². The summed E-state index contributed by atoms with van der Waals surface area (Å²) in [4.78, 5) is 17.1. The Morgan fingerprint density at radius 2 is 1.96 bits per heavy atom. The average Bonchev–Trinajstić information content (AvgIpc) is 3.35. The van der Waals surface area contributed by atoms with Crippen molar-refractivity contribution >= 4 is 29.0 Å². The predicted octanol–water partition coefficient (Wildman–Crippen LogP) is 5.28. The molecule has 2 saturated carbocycles. The third kappa shape index (κ3) is 4.18. The summed E-state index contributed by atoms with van der Waals surface area (Å²) in [5, 5.41) is 7.09. The number of hydrogen-bond donors (Lipinski definition) is 2. The zero-order valence-corrected chi connectivity index (χ0v) is 15.6. The van der Waals surface area contributed by atoms with Gasteiger partial charge in [-0.1, -0.05) is 30.5 Å². The number of anilines is 2. The molecule has 2 N–H and O–H groups in total. The van der Waals surface area contributed by atoms with E-state index in [1.54, 1.807) is 6.20 Å². The number of carbonyl (C=O) groups excluding carboxylic acids is 1. The van der Waals surface area contributed by atoms with Gasteiger partial charge in [0, 0.05) is 23.5 Å². The van der Waals surface area contributed by atoms with Crippen LogP contribution < -0.4 is 10.6 Å². The van der Waals surface area contributed by atoms with Crippen LogP contribution in [0.5, 0.6) is 0 Å². The Morgan fingerprint density at radius 1 is 1.15 bits per heavy atom. The lowest BCUT2D eigenvalue weighted by Crippen LogP contribution is -2.29. The van der Waals surface area contributed by atoms with Crippen LogP contribution in [0.15, 0.2) is 36.5 Å². The van der Waals surface area contributed by atoms with Crippen molar-refractivity contribution in [2.24, 2.45) is 5.92 Å². The molecule has 1 amide bonds. The average molecular weight is 370 g/mol. The van der Waals surface area contributed by atoms with Gasteiger partial charge in [0.15, 0.2) is 0 Å². The van der Waals surface area contributed by atoms with Gasteiger partial charge in [0.25, 0.3) is 5.91 Å². The number of benzene rings is 1. The van der Waals surface area contributed by atoms with Crippen molar-refractivity contribution in [2.75, 3.05) is 11.9 Å². The van der Waals surface area contributed by atoms with E-state index in [1.165, 1.54) is 25.7 Å². The molecule has 4 nitrogen and oxygen atoms in total. The van der Waals surface area contributed by atoms with Crippen molar-refractivity contribution in [1.82, 2.24) is 10.3 Å². The molecule has 0 radical (unpaired) electrons. The van der Waals surface area contributed by atoms with Gasteiger partial charge in [-0.3, -0.25) is 4.79 Å². The fourth-order valence-electron chi connectivity index (χ4n) is 3.72. The molecule has 0 spiro atoms. The lowest BCUT2D eigenvalue weighted by atomic mass is 10.0. The standard InChI is InChI=1S/C21H24ClN3O/c22-16-6-3-7-17(10-16)25-20-11-18(15-8-9-15)19(13-23-20)21(26)24-12-14-4-1-2-5-14/h3,6-7,10-11,13-15H,1-2,4-5,8-9,12H2,(H,23,25)(H,24,26). The first-order chi connectivity index (χ1) is 12.7. The molecule has 4 rings (SSSR count). The van der Waals surface area contributed by atoms with Gasteiger partial charge in [-0.2, -0.15) is 0 Å². The Balaban J connectivity index is 1.49. The predicted molar refractivity (Wildman–Crippen MR) is 105 cm³/mol. The Kier molecular flexibility index (Phi) is 5.11. The maximum atomic E-state index is 12.7. The monoisotopic (exact) mass is 369 g/mol. The van der Waals surface area contributed by atoms with Gasteiger partial charge in [0.2, 0.25) is 0 Å². The van der Waals surface area contributed by atoms with Crippen molar-refractivity contribution < 1.29 is 4.79 Å². The van der Waals surface area contributed by atoms with E-state index in [1.807, 2.05) is 30.3 Å². The van der Waals surface area contributed by atoms with Gasteiger partial charge in [-0.15, -0.1) is 0 Å². The van der Waals surface area contributed by atoms with Crippen LogP contribution in [0, 0.1) is 5.92 Å². The van der Waals surface area contributed by atoms with Gasteiger partial charge >= 0.3 is 0 Å². The molecule has 136 valence electrons. The zero-order chi connectivity index (χ0) is 17.9. The molecule has 5 heteroatoms. The molecule has 26 heavy (non-hydrogen) atoms. The number of amides is 1. The lowest BCUT2D eigenvalue weighted by Gasteiger charge is -2.14. The largest absolute Gasteiger partial charge is 0.352 e. The van der Waals surface area contributed by atoms with E-state index < -0.39 is 0 Å². The van der Waals surface area contributed by atoms with Crippen LogP contribution in [-0.2, 0) is 0 Å². The highest BCUT2D eigenvalue weighted by Crippen LogP contribution is 2.42. The molecule has 0 bridgehead atoms. The number of rotatable bonds is 6. The van der Waals surface area contributed by atoms with E-state index in [0.29, 0.717) is 16.9 Å². The second kappa shape index (κ2) is 7.67. The highest BCUT2D eigenvalue weighted by molar-refractivity contribution is 6.30. The highest BCUT2D eigenvalue weighted by Gasteiger charge is 2.29. The molecule has 0 atom stereocenters. The van der Waals surface area contributed by atoms with E-state index in [2.05, 4.69) is 15.6 Å². The first-order valence-corrected chi connectivity index (χ1v) is 9.87. The molecule has 1 aromatic heterocycles. The van der Waals surface area contributed by atoms with Crippen LogP contribution in [0.4, 0.5) is 11.5 Å². The van der Waals surface area contributed by atoms with E-state index in [9.17, 15) is 4.79 Å². The Hall–Kier alpha value is -2.07. The van der Waals surface area contributed by atoms with Crippen LogP contribution >= 0.6 is 11.6 Å². The number of nitrogens with zero attached hydrogens (tertiary/aromatic N) is 1. The lowest BCUT2D eigenvalue weighted by molar-refractivity contribution is 0.0946. The molecular weight excluding hydrogens is 346 g/mol. The summed E-state index contributed by atoms with van der Waals surface area (Å²) in [6.45, 7) is 0.783. The van der Waals surface area contributed by atoms with Crippen LogP contribution in [0.3, 0.4) is 0 Å². The fourth-order valence-corrected chi connectivity index (χ4v) is 3.91. The summed E-state index contributed by atoms with van der Waals surface area (Å²) in [6.07, 6.45) is 9.04. The number of aromatic nitrogens is 1. The Bertz CT molecular complexity index is 798. The van der Waals surface area contributed by atoms with Crippen molar-refractivity contribution in [3.8, 4) is 0 Å². The second-order valence-electron chi connectivity index (χ2n) is 7.43. The number of hydrogen-bond acceptors (Lipinski definition) is 3. The van der Waals surface area contributed by atoms with Crippen molar-refractivity contribution in [3.63, 3.8) is 0 Å². The molecule has 0 saturated heterocycles. The summed E-state index contributed by atoms with van der Waals surface area (Å²) < 4.78 is 0. The van der Waals surface area contributed by atoms with Gasteiger partial charge in [0.1, 0.15) is 5.82 Å². The fraction of sp³-hybridized carbons (Fsp3) is 0.429. The minimum atomic E-state index is 0.0144. The van der Waals surface area contributed by atoms with Gasteiger partial charge in [-0.05, 0) is 67.3 Å². The van der Waals surface area contributed by atoms with Crippen LogP contribution in [0.1, 0.15) is 60.4 Å². The van der Waals surface area contributed by atoms with Crippen molar-refractivity contribution in [2.45, 2.75) is 44.4 Å². The Labute approximate surface area is 159 Å². The second-order valence-corrected chi connectivity index (χ2v) is 7.86. The SMILES string of the molecule is O=C(NCC1CCCC1)c1cnc(Nc2cccc(Cl)c2)cc1C1CC1. The summed E-state index contributed by atoms with van der Waals surface area (Å²) in [7, 11) is 0. The summed E-state index contributed by atoms with van der Waals surface area (Å²) in [5.74, 6) is 1.88. The maximum Gasteiger partial charge on any atom is 0.253 e. The number of carbonyl (C=O) groups is 1. The minimum Gasteiger partial charge on any atom is -0.352 e. The van der Waals surface area contributed by atoms with E-state index in [0.717, 1.165) is 42.0 Å².